The van der Waals surface area contributed by atoms with Crippen molar-refractivity contribution in [3.05, 3.63) is 70.5 Å². The summed E-state index contributed by atoms with van der Waals surface area (Å²) in [5, 5.41) is 0.351. The lowest BCUT2D eigenvalue weighted by atomic mass is 9.99. The van der Waals surface area contributed by atoms with Gasteiger partial charge in [-0.25, -0.2) is 17.6 Å². The summed E-state index contributed by atoms with van der Waals surface area (Å²) < 4.78 is 45.0. The molecule has 2 amide bonds. The number of halogens is 2. The Labute approximate surface area is 239 Å². The highest BCUT2D eigenvalue weighted by Gasteiger charge is 2.44. The second-order valence-electron chi connectivity index (χ2n) is 11.2. The molecule has 2 aromatic rings. The Morgan fingerprint density at radius 2 is 1.70 bits per heavy atom. The van der Waals surface area contributed by atoms with Crippen molar-refractivity contribution < 1.29 is 27.1 Å². The number of benzene rings is 2. The predicted octanol–water partition coefficient (Wildman–Crippen LogP) is 4.20. The molecular formula is C28H34ClFN4O5S. The molecular weight excluding hydrogens is 559 g/mol. The number of anilines is 1. The van der Waals surface area contributed by atoms with E-state index in [4.69, 9.17) is 16.3 Å². The van der Waals surface area contributed by atoms with Crippen LogP contribution in [0, 0.1) is 5.82 Å². The van der Waals surface area contributed by atoms with Crippen LogP contribution < -0.4 is 4.72 Å². The fraction of sp³-hybridized carbons (Fsp3) is 0.429. The number of fused-ring (bicyclic) bond motifs is 2. The first-order chi connectivity index (χ1) is 18.7. The highest BCUT2D eigenvalue weighted by molar-refractivity contribution is 7.92. The van der Waals surface area contributed by atoms with Crippen molar-refractivity contribution in [3.63, 3.8) is 0 Å². The Hall–Kier alpha value is -3.15. The fourth-order valence-corrected chi connectivity index (χ4v) is 5.79. The van der Waals surface area contributed by atoms with Gasteiger partial charge < -0.3 is 14.5 Å². The zero-order valence-electron chi connectivity index (χ0n) is 22.9. The van der Waals surface area contributed by atoms with E-state index in [1.54, 1.807) is 40.1 Å². The molecule has 0 spiro atoms. The van der Waals surface area contributed by atoms with Crippen molar-refractivity contribution >= 4 is 45.4 Å². The van der Waals surface area contributed by atoms with Crippen LogP contribution in [0.4, 0.5) is 14.9 Å². The average Bonchev–Trinajstić information content (AvgIpc) is 2.82. The van der Waals surface area contributed by atoms with Crippen LogP contribution in [0.15, 0.2) is 48.5 Å². The maximum Gasteiger partial charge on any atom is 0.410 e. The van der Waals surface area contributed by atoms with Gasteiger partial charge in [0.05, 0.1) is 24.0 Å². The first kappa shape index (κ1) is 29.8. The smallest absolute Gasteiger partial charge is 0.410 e. The number of nitrogens with one attached hydrogen (secondary N) is 1. The van der Waals surface area contributed by atoms with Gasteiger partial charge >= 0.3 is 6.09 Å². The molecule has 2 unspecified atom stereocenters. The molecule has 2 heterocycles. The Kier molecular flexibility index (Phi) is 8.77. The van der Waals surface area contributed by atoms with Gasteiger partial charge in [-0.3, -0.25) is 14.4 Å². The van der Waals surface area contributed by atoms with E-state index in [9.17, 15) is 22.4 Å². The van der Waals surface area contributed by atoms with Gasteiger partial charge in [-0.1, -0.05) is 29.8 Å². The maximum atomic E-state index is 13.5. The molecule has 2 fully saturated rings. The average molecular weight is 593 g/mol. The van der Waals surface area contributed by atoms with Crippen molar-refractivity contribution in [1.82, 2.24) is 14.7 Å². The lowest BCUT2D eigenvalue weighted by molar-refractivity contribution is -0.140. The lowest BCUT2D eigenvalue weighted by Gasteiger charge is -2.52. The van der Waals surface area contributed by atoms with E-state index in [2.05, 4.69) is 9.62 Å². The first-order valence-electron chi connectivity index (χ1n) is 12.9. The summed E-state index contributed by atoms with van der Waals surface area (Å²) in [4.78, 5) is 32.1. The van der Waals surface area contributed by atoms with Gasteiger partial charge in [-0.2, -0.15) is 0 Å². The summed E-state index contributed by atoms with van der Waals surface area (Å²) >= 11 is 6.05. The van der Waals surface area contributed by atoms with Crippen molar-refractivity contribution in [2.24, 2.45) is 0 Å². The van der Waals surface area contributed by atoms with Gasteiger partial charge in [0.15, 0.2) is 0 Å². The molecule has 2 aromatic carbocycles. The number of sulfonamides is 1. The van der Waals surface area contributed by atoms with Crippen molar-refractivity contribution in [2.45, 2.75) is 45.0 Å². The summed E-state index contributed by atoms with van der Waals surface area (Å²) in [5.74, 6) is -0.549. The van der Waals surface area contributed by atoms with E-state index >= 15 is 0 Å². The van der Waals surface area contributed by atoms with E-state index in [0.717, 1.165) is 11.8 Å². The molecule has 2 aliphatic rings. The van der Waals surface area contributed by atoms with Crippen LogP contribution >= 0.6 is 11.6 Å². The zero-order chi connectivity index (χ0) is 29.2. The maximum absolute atomic E-state index is 13.5. The monoisotopic (exact) mass is 592 g/mol. The largest absolute Gasteiger partial charge is 0.444 e. The van der Waals surface area contributed by atoms with Crippen LogP contribution in [-0.2, 0) is 26.1 Å². The molecule has 1 N–H and O–H groups in total. The number of hydrogen-bond donors (Lipinski definition) is 1. The third-order valence-electron chi connectivity index (χ3n) is 6.53. The van der Waals surface area contributed by atoms with Crippen LogP contribution in [-0.4, -0.2) is 85.2 Å². The Bertz CT molecular complexity index is 1380. The Morgan fingerprint density at radius 1 is 1.07 bits per heavy atom. The van der Waals surface area contributed by atoms with Gasteiger partial charge in [0.1, 0.15) is 11.4 Å². The van der Waals surface area contributed by atoms with Crippen LogP contribution in [0.3, 0.4) is 0 Å². The lowest BCUT2D eigenvalue weighted by Crippen LogP contribution is -2.70. The van der Waals surface area contributed by atoms with E-state index in [1.165, 1.54) is 24.3 Å². The number of carbonyl (C=O) groups is 2. The second kappa shape index (κ2) is 11.8. The van der Waals surface area contributed by atoms with E-state index in [0.29, 0.717) is 43.3 Å². The molecule has 9 nitrogen and oxygen atoms in total. The molecule has 216 valence electrons. The molecule has 4 rings (SSSR count). The van der Waals surface area contributed by atoms with E-state index < -0.39 is 21.7 Å². The van der Waals surface area contributed by atoms with Crippen LogP contribution in [0.25, 0.3) is 6.08 Å². The first-order valence-corrected chi connectivity index (χ1v) is 15.2. The molecule has 0 aromatic heterocycles. The van der Waals surface area contributed by atoms with Crippen molar-refractivity contribution in [3.8, 4) is 0 Å². The number of rotatable bonds is 6. The van der Waals surface area contributed by atoms with Crippen LogP contribution in [0.2, 0.25) is 5.02 Å². The zero-order valence-corrected chi connectivity index (χ0v) is 24.5. The normalized spacial score (nSPS) is 20.1. The molecule has 2 saturated heterocycles. The number of hydrogen-bond acceptors (Lipinski definition) is 6. The number of nitrogens with zero attached hydrogens (tertiary/aromatic N) is 3. The van der Waals surface area contributed by atoms with E-state index in [-0.39, 0.29) is 29.5 Å². The molecule has 0 saturated carbocycles. The molecule has 2 atom stereocenters. The summed E-state index contributed by atoms with van der Waals surface area (Å²) in [6, 6.07) is 10.4. The highest BCUT2D eigenvalue weighted by Crippen LogP contribution is 2.28. The number of piperazine rings is 2. The SMILES string of the molecule is CC(C)(C)OC(=O)N1CC2CN(Cc3ccc(F)cc3)CC(C1)N2C(=O)C=Cc1ccc(Cl)cc1NS(C)(=O)=O. The van der Waals surface area contributed by atoms with Gasteiger partial charge in [-0.05, 0) is 62.2 Å². The third kappa shape index (κ3) is 7.96. The third-order valence-corrected chi connectivity index (χ3v) is 7.35. The second-order valence-corrected chi connectivity index (χ2v) is 13.4. The van der Waals surface area contributed by atoms with Crippen molar-refractivity contribution in [1.29, 1.82) is 0 Å². The Balaban J connectivity index is 1.55. The molecule has 2 aliphatic heterocycles. The summed E-state index contributed by atoms with van der Waals surface area (Å²) in [7, 11) is -3.56. The minimum absolute atomic E-state index is 0.250. The molecule has 40 heavy (non-hydrogen) atoms. The summed E-state index contributed by atoms with van der Waals surface area (Å²) in [5.41, 5.74) is 1.06. The minimum atomic E-state index is -3.56. The Morgan fingerprint density at radius 3 is 2.27 bits per heavy atom. The topological polar surface area (TPSA) is 99.3 Å². The minimum Gasteiger partial charge on any atom is -0.444 e. The number of amides is 2. The summed E-state index contributed by atoms with van der Waals surface area (Å²) in [6.45, 7) is 7.63. The quantitative estimate of drug-likeness (QED) is 0.505. The summed E-state index contributed by atoms with van der Waals surface area (Å²) in [6.07, 6.45) is 3.58. The van der Waals surface area contributed by atoms with Crippen LogP contribution in [0.5, 0.6) is 0 Å². The van der Waals surface area contributed by atoms with Gasteiger partial charge in [0, 0.05) is 43.8 Å². The molecule has 0 aliphatic carbocycles. The van der Waals surface area contributed by atoms with Gasteiger partial charge in [0.25, 0.3) is 0 Å². The van der Waals surface area contributed by atoms with Crippen LogP contribution in [0.1, 0.15) is 31.9 Å². The van der Waals surface area contributed by atoms with Gasteiger partial charge in [0.2, 0.25) is 15.9 Å². The highest BCUT2D eigenvalue weighted by atomic mass is 35.5. The number of ether oxygens (including phenoxy) is 1. The van der Waals surface area contributed by atoms with Gasteiger partial charge in [-0.15, -0.1) is 0 Å². The van der Waals surface area contributed by atoms with Crippen molar-refractivity contribution in [2.75, 3.05) is 37.2 Å². The molecule has 0 radical (unpaired) electrons. The molecule has 2 bridgehead atoms. The predicted molar refractivity (Wildman–Crippen MR) is 153 cm³/mol. The number of carbonyl (C=O) groups excluding carboxylic acids is 2. The standard InChI is InChI=1S/C28H34ClFN4O5S/c1-28(2,3)39-27(36)33-17-23-15-32(14-19-5-10-22(30)11-6-19)16-24(18-33)34(23)26(35)12-8-20-7-9-21(29)13-25(20)31-40(4,37)38/h5-13,23-24,31H,14-18H2,1-4H3. The molecule has 12 heteroatoms. The fourth-order valence-electron chi connectivity index (χ4n) is 5.04. The van der Waals surface area contributed by atoms with E-state index in [1.807, 2.05) is 20.8 Å².